The molecule has 0 aromatic carbocycles. The summed E-state index contributed by atoms with van der Waals surface area (Å²) in [4.78, 5) is 0. The first-order valence-electron chi connectivity index (χ1n) is 8.95. The van der Waals surface area contributed by atoms with Crippen molar-refractivity contribution in [2.24, 2.45) is 11.8 Å². The zero-order chi connectivity index (χ0) is 16.4. The summed E-state index contributed by atoms with van der Waals surface area (Å²) in [6.07, 6.45) is 14.5. The van der Waals surface area contributed by atoms with E-state index in [1.54, 1.807) is 0 Å². The van der Waals surface area contributed by atoms with Crippen LogP contribution in [-0.2, 0) is 0 Å². The topological polar surface area (TPSA) is 12.0 Å². The van der Waals surface area contributed by atoms with Gasteiger partial charge in [0, 0.05) is 12.1 Å². The molecule has 1 N–H and O–H groups in total. The molecule has 0 spiro atoms. The number of unbranched alkanes of at least 4 members (excludes halogenated alkanes) is 2. The second kappa shape index (κ2) is 10.6. The van der Waals surface area contributed by atoms with Crippen LogP contribution in [0, 0.1) is 11.8 Å². The number of hydrogen-bond acceptors (Lipinski definition) is 1. The lowest BCUT2D eigenvalue weighted by Crippen LogP contribution is -2.50. The second-order valence-corrected chi connectivity index (χ2v) is 7.10. The van der Waals surface area contributed by atoms with E-state index in [-0.39, 0.29) is 0 Å². The largest absolute Gasteiger partial charge is 0.310 e. The van der Waals surface area contributed by atoms with Crippen molar-refractivity contribution in [3.05, 3.63) is 42.7 Å². The van der Waals surface area contributed by atoms with Gasteiger partial charge >= 0.3 is 0 Å². The van der Waals surface area contributed by atoms with Crippen molar-refractivity contribution in [1.29, 1.82) is 0 Å². The Kier molecular flexibility index (Phi) is 9.20. The lowest BCUT2D eigenvalue weighted by atomic mass is 9.78. The summed E-state index contributed by atoms with van der Waals surface area (Å²) in [6.45, 7) is 14.7. The summed E-state index contributed by atoms with van der Waals surface area (Å²) in [6, 6.07) is 1.25. The van der Waals surface area contributed by atoms with Gasteiger partial charge in [-0.25, -0.2) is 0 Å². The maximum Gasteiger partial charge on any atom is 0.0132 e. The monoisotopic (exact) mass is 301 g/mol. The average molecular weight is 302 g/mol. The maximum atomic E-state index is 4.08. The van der Waals surface area contributed by atoms with Crippen molar-refractivity contribution in [2.75, 3.05) is 0 Å². The van der Waals surface area contributed by atoms with Crippen LogP contribution in [0.25, 0.3) is 0 Å². The van der Waals surface area contributed by atoms with Gasteiger partial charge in [-0.1, -0.05) is 25.5 Å². The Balaban J connectivity index is 2.35. The summed E-state index contributed by atoms with van der Waals surface area (Å²) in [5.41, 5.74) is 4.62. The highest BCUT2D eigenvalue weighted by Crippen LogP contribution is 2.29. The van der Waals surface area contributed by atoms with Crippen LogP contribution in [0.5, 0.6) is 0 Å². The van der Waals surface area contributed by atoms with Gasteiger partial charge in [0.2, 0.25) is 0 Å². The Hall–Kier alpha value is -1.04. The van der Waals surface area contributed by atoms with E-state index >= 15 is 0 Å². The maximum absolute atomic E-state index is 4.08. The number of nitrogens with one attached hydrogen (secondary N) is 1. The van der Waals surface area contributed by atoms with Crippen molar-refractivity contribution in [1.82, 2.24) is 5.32 Å². The van der Waals surface area contributed by atoms with Gasteiger partial charge in [0.05, 0.1) is 0 Å². The first-order chi connectivity index (χ1) is 10.5. The quantitative estimate of drug-likeness (QED) is 0.322. The number of allylic oxidation sites excluding steroid dienone is 2. The molecule has 0 saturated carbocycles. The first-order valence-corrected chi connectivity index (χ1v) is 8.95. The fraction of sp³-hybridized carbons (Fsp3) is 0.667. The summed E-state index contributed by atoms with van der Waals surface area (Å²) in [5.74, 6) is 1.52. The highest BCUT2D eigenvalue weighted by atomic mass is 15.0. The Morgan fingerprint density at radius 2 is 1.82 bits per heavy atom. The van der Waals surface area contributed by atoms with Crippen LogP contribution in [0.4, 0.5) is 0 Å². The van der Waals surface area contributed by atoms with Gasteiger partial charge in [-0.2, -0.15) is 0 Å². The molecule has 1 heterocycles. The molecule has 0 unspecified atom stereocenters. The molecule has 0 aromatic rings. The highest BCUT2D eigenvalue weighted by Gasteiger charge is 2.31. The predicted octanol–water partition coefficient (Wildman–Crippen LogP) is 5.80. The third-order valence-electron chi connectivity index (χ3n) is 4.73. The standard InChI is InChI=1S/C21H35N/c1-6-7-8-9-10-11-12-13-14-20-18(4)16-19(5)21(22-20)15-17(2)3/h6,10,12,18-22H,1-2,7-9,13-16H2,3-5H3/t11?,18-,19-,20+,21+/m0/s1. The van der Waals surface area contributed by atoms with Gasteiger partial charge in [-0.05, 0) is 75.9 Å². The van der Waals surface area contributed by atoms with Crippen LogP contribution >= 0.6 is 0 Å². The molecule has 0 bridgehead atoms. The molecule has 1 nitrogen and oxygen atoms in total. The normalized spacial score (nSPS) is 27.8. The zero-order valence-electron chi connectivity index (χ0n) is 14.9. The Morgan fingerprint density at radius 1 is 1.14 bits per heavy atom. The first kappa shape index (κ1) is 19.0. The van der Waals surface area contributed by atoms with Crippen molar-refractivity contribution >= 4 is 0 Å². The van der Waals surface area contributed by atoms with Crippen LogP contribution in [0.3, 0.4) is 0 Å². The van der Waals surface area contributed by atoms with E-state index in [1.807, 2.05) is 6.08 Å². The van der Waals surface area contributed by atoms with E-state index in [2.05, 4.69) is 57.1 Å². The Morgan fingerprint density at radius 3 is 2.50 bits per heavy atom. The minimum Gasteiger partial charge on any atom is -0.310 e. The molecule has 1 aliphatic rings. The summed E-state index contributed by atoms with van der Waals surface area (Å²) >= 11 is 0. The molecule has 1 aliphatic heterocycles. The third-order valence-corrected chi connectivity index (χ3v) is 4.73. The smallest absolute Gasteiger partial charge is 0.0132 e. The minimum atomic E-state index is 0.608. The Labute approximate surface area is 138 Å². The fourth-order valence-electron chi connectivity index (χ4n) is 3.40. The van der Waals surface area contributed by atoms with Gasteiger partial charge in [-0.3, -0.25) is 0 Å². The van der Waals surface area contributed by atoms with Gasteiger partial charge in [0.1, 0.15) is 0 Å². The van der Waals surface area contributed by atoms with Crippen LogP contribution in [-0.4, -0.2) is 12.1 Å². The predicted molar refractivity (Wildman–Crippen MR) is 99.0 cm³/mol. The average Bonchev–Trinajstić information content (AvgIpc) is 2.45. The van der Waals surface area contributed by atoms with Crippen molar-refractivity contribution in [3.8, 4) is 0 Å². The molecular formula is C21H35N. The van der Waals surface area contributed by atoms with Crippen LogP contribution in [0.2, 0.25) is 0 Å². The second-order valence-electron chi connectivity index (χ2n) is 7.10. The van der Waals surface area contributed by atoms with E-state index in [9.17, 15) is 0 Å². The van der Waals surface area contributed by atoms with Crippen molar-refractivity contribution in [2.45, 2.75) is 77.8 Å². The summed E-state index contributed by atoms with van der Waals surface area (Å²) in [5, 5.41) is 3.87. The van der Waals surface area contributed by atoms with Gasteiger partial charge in [0.25, 0.3) is 0 Å². The van der Waals surface area contributed by atoms with Gasteiger partial charge in [-0.15, -0.1) is 18.9 Å². The molecule has 22 heavy (non-hydrogen) atoms. The van der Waals surface area contributed by atoms with E-state index in [4.69, 9.17) is 0 Å². The third kappa shape index (κ3) is 7.29. The van der Waals surface area contributed by atoms with Crippen molar-refractivity contribution < 1.29 is 0 Å². The highest BCUT2D eigenvalue weighted by molar-refractivity contribution is 4.99. The summed E-state index contributed by atoms with van der Waals surface area (Å²) < 4.78 is 0. The van der Waals surface area contributed by atoms with E-state index in [0.29, 0.717) is 12.1 Å². The number of hydrogen-bond donors (Lipinski definition) is 1. The van der Waals surface area contributed by atoms with E-state index < -0.39 is 0 Å². The number of rotatable bonds is 9. The lowest BCUT2D eigenvalue weighted by Gasteiger charge is -2.40. The van der Waals surface area contributed by atoms with Crippen molar-refractivity contribution in [3.63, 3.8) is 0 Å². The molecule has 0 radical (unpaired) electrons. The van der Waals surface area contributed by atoms with Gasteiger partial charge in [0.15, 0.2) is 0 Å². The molecule has 1 saturated heterocycles. The molecule has 4 atom stereocenters. The molecule has 1 fully saturated rings. The molecule has 0 amide bonds. The molecule has 1 rings (SSSR count). The van der Waals surface area contributed by atoms with E-state index in [0.717, 1.165) is 37.5 Å². The SMILES string of the molecule is C=CCCCC=C=CCC[C@H]1N[C@H](CC(=C)C)[C@@H](C)C[C@@H]1C. The molecular weight excluding hydrogens is 266 g/mol. The molecule has 0 aromatic heterocycles. The van der Waals surface area contributed by atoms with Crippen LogP contribution in [0.1, 0.15) is 65.7 Å². The molecule has 0 aliphatic carbocycles. The van der Waals surface area contributed by atoms with E-state index in [1.165, 1.54) is 24.8 Å². The Bertz CT molecular complexity index is 400. The van der Waals surface area contributed by atoms with Gasteiger partial charge < -0.3 is 5.32 Å². The minimum absolute atomic E-state index is 0.608. The number of piperidine rings is 1. The van der Waals surface area contributed by atoms with Crippen LogP contribution in [0.15, 0.2) is 42.7 Å². The fourth-order valence-corrected chi connectivity index (χ4v) is 3.40. The lowest BCUT2D eigenvalue weighted by molar-refractivity contribution is 0.175. The summed E-state index contributed by atoms with van der Waals surface area (Å²) in [7, 11) is 0. The molecule has 124 valence electrons. The van der Waals surface area contributed by atoms with Crippen LogP contribution < -0.4 is 5.32 Å². The molecule has 1 heteroatoms. The zero-order valence-corrected chi connectivity index (χ0v) is 14.9.